The van der Waals surface area contributed by atoms with Crippen molar-refractivity contribution in [3.8, 4) is 0 Å². The maximum atomic E-state index is 11.6. The van der Waals surface area contributed by atoms with Crippen LogP contribution in [0.2, 0.25) is 0 Å². The van der Waals surface area contributed by atoms with Gasteiger partial charge in [-0.2, -0.15) is 0 Å². The standard InChI is InChI=1S/C20H20N4O2/c25-20(26)18-6-3-11-24(18)19-16-5-2-1-4-15(16)17(13-23-19)22-12-14-7-9-21-10-8-14/h1-2,4-5,7-10,13,18,22H,3,6,11-12H2,(H,25,26)/t18-/m0/s1. The van der Waals surface area contributed by atoms with Crippen LogP contribution in [0.4, 0.5) is 11.5 Å². The quantitative estimate of drug-likeness (QED) is 0.737. The largest absolute Gasteiger partial charge is 0.480 e. The summed E-state index contributed by atoms with van der Waals surface area (Å²) in [5.41, 5.74) is 2.07. The fourth-order valence-corrected chi connectivity index (χ4v) is 3.52. The van der Waals surface area contributed by atoms with E-state index in [2.05, 4.69) is 15.3 Å². The number of hydrogen-bond acceptors (Lipinski definition) is 5. The Morgan fingerprint density at radius 2 is 1.96 bits per heavy atom. The van der Waals surface area contributed by atoms with Crippen molar-refractivity contribution in [2.45, 2.75) is 25.4 Å². The molecule has 3 aromatic rings. The average Bonchev–Trinajstić information content (AvgIpc) is 3.17. The van der Waals surface area contributed by atoms with Crippen molar-refractivity contribution in [1.82, 2.24) is 9.97 Å². The third-order valence-electron chi connectivity index (χ3n) is 4.82. The molecule has 0 amide bonds. The Labute approximate surface area is 151 Å². The Bertz CT molecular complexity index is 930. The molecule has 1 aliphatic rings. The van der Waals surface area contributed by atoms with Crippen molar-refractivity contribution in [2.75, 3.05) is 16.8 Å². The number of aromatic nitrogens is 2. The predicted octanol–water partition coefficient (Wildman–Crippen LogP) is 3.30. The van der Waals surface area contributed by atoms with Crippen LogP contribution in [0, 0.1) is 0 Å². The lowest BCUT2D eigenvalue weighted by atomic mass is 10.1. The van der Waals surface area contributed by atoms with Crippen LogP contribution in [0.5, 0.6) is 0 Å². The highest BCUT2D eigenvalue weighted by atomic mass is 16.4. The second-order valence-corrected chi connectivity index (χ2v) is 6.44. The van der Waals surface area contributed by atoms with Crippen LogP contribution in [0.15, 0.2) is 55.0 Å². The van der Waals surface area contributed by atoms with Gasteiger partial charge in [0.2, 0.25) is 0 Å². The average molecular weight is 348 g/mol. The lowest BCUT2D eigenvalue weighted by molar-refractivity contribution is -0.138. The predicted molar refractivity (Wildman–Crippen MR) is 101 cm³/mol. The molecular weight excluding hydrogens is 328 g/mol. The molecule has 0 radical (unpaired) electrons. The third-order valence-corrected chi connectivity index (χ3v) is 4.82. The van der Waals surface area contributed by atoms with Crippen LogP contribution >= 0.6 is 0 Å². The van der Waals surface area contributed by atoms with E-state index in [1.54, 1.807) is 18.6 Å². The number of carboxylic acids is 1. The molecule has 1 fully saturated rings. The first kappa shape index (κ1) is 16.3. The fourth-order valence-electron chi connectivity index (χ4n) is 3.52. The van der Waals surface area contributed by atoms with E-state index in [1.807, 2.05) is 41.3 Å². The first-order valence-corrected chi connectivity index (χ1v) is 8.74. The Balaban J connectivity index is 1.68. The highest BCUT2D eigenvalue weighted by molar-refractivity contribution is 6.01. The smallest absolute Gasteiger partial charge is 0.326 e. The van der Waals surface area contributed by atoms with Gasteiger partial charge >= 0.3 is 5.97 Å². The van der Waals surface area contributed by atoms with E-state index in [-0.39, 0.29) is 0 Å². The van der Waals surface area contributed by atoms with Gasteiger partial charge in [0, 0.05) is 36.3 Å². The highest BCUT2D eigenvalue weighted by Gasteiger charge is 2.32. The molecule has 0 aliphatic carbocycles. The van der Waals surface area contributed by atoms with Crippen LogP contribution in [-0.2, 0) is 11.3 Å². The zero-order valence-electron chi connectivity index (χ0n) is 14.3. The third kappa shape index (κ3) is 3.06. The summed E-state index contributed by atoms with van der Waals surface area (Å²) in [4.78, 5) is 22.1. The van der Waals surface area contributed by atoms with E-state index in [4.69, 9.17) is 0 Å². The second kappa shape index (κ2) is 7.00. The molecule has 6 heteroatoms. The lowest BCUT2D eigenvalue weighted by Crippen LogP contribution is -2.36. The first-order valence-electron chi connectivity index (χ1n) is 8.74. The monoisotopic (exact) mass is 348 g/mol. The van der Waals surface area contributed by atoms with Gasteiger partial charge in [0.05, 0.1) is 11.9 Å². The molecule has 26 heavy (non-hydrogen) atoms. The summed E-state index contributed by atoms with van der Waals surface area (Å²) in [5.74, 6) is -0.0340. The maximum absolute atomic E-state index is 11.6. The number of carbonyl (C=O) groups is 1. The zero-order chi connectivity index (χ0) is 17.9. The van der Waals surface area contributed by atoms with Crippen molar-refractivity contribution >= 4 is 28.2 Å². The van der Waals surface area contributed by atoms with E-state index in [0.29, 0.717) is 13.0 Å². The number of pyridine rings is 2. The van der Waals surface area contributed by atoms with Gasteiger partial charge in [-0.15, -0.1) is 0 Å². The minimum atomic E-state index is -0.784. The zero-order valence-corrected chi connectivity index (χ0v) is 14.3. The van der Waals surface area contributed by atoms with Crippen LogP contribution in [-0.4, -0.2) is 33.6 Å². The van der Waals surface area contributed by atoms with Crippen LogP contribution < -0.4 is 10.2 Å². The van der Waals surface area contributed by atoms with Gasteiger partial charge in [0.25, 0.3) is 0 Å². The molecule has 4 rings (SSSR count). The Morgan fingerprint density at radius 1 is 1.19 bits per heavy atom. The molecule has 6 nitrogen and oxygen atoms in total. The van der Waals surface area contributed by atoms with Gasteiger partial charge in [-0.25, -0.2) is 9.78 Å². The molecule has 1 aliphatic heterocycles. The highest BCUT2D eigenvalue weighted by Crippen LogP contribution is 2.34. The molecule has 0 spiro atoms. The van der Waals surface area contributed by atoms with E-state index in [1.165, 1.54) is 0 Å². The number of rotatable bonds is 5. The fraction of sp³-hybridized carbons (Fsp3) is 0.250. The van der Waals surface area contributed by atoms with Crippen molar-refractivity contribution < 1.29 is 9.90 Å². The normalized spacial score (nSPS) is 16.8. The molecule has 1 atom stereocenters. The molecule has 0 bridgehead atoms. The molecule has 0 saturated carbocycles. The topological polar surface area (TPSA) is 78.3 Å². The Hall–Kier alpha value is -3.15. The summed E-state index contributed by atoms with van der Waals surface area (Å²) in [6.07, 6.45) is 6.88. The Kier molecular flexibility index (Phi) is 4.39. The number of hydrogen-bond donors (Lipinski definition) is 2. The summed E-state index contributed by atoms with van der Waals surface area (Å²) < 4.78 is 0. The Morgan fingerprint density at radius 3 is 2.73 bits per heavy atom. The molecule has 1 saturated heterocycles. The number of anilines is 2. The van der Waals surface area contributed by atoms with E-state index in [0.717, 1.165) is 40.8 Å². The van der Waals surface area contributed by atoms with Gasteiger partial charge in [-0.05, 0) is 30.5 Å². The summed E-state index contributed by atoms with van der Waals surface area (Å²) >= 11 is 0. The number of carboxylic acid groups (broad SMARTS) is 1. The lowest BCUT2D eigenvalue weighted by Gasteiger charge is -2.24. The minimum absolute atomic E-state index is 0.499. The van der Waals surface area contributed by atoms with Gasteiger partial charge in [0.1, 0.15) is 11.9 Å². The first-order chi connectivity index (χ1) is 12.7. The SMILES string of the molecule is O=C(O)[C@@H]1CCCN1c1ncc(NCc2ccncc2)c2ccccc12. The summed E-state index contributed by atoms with van der Waals surface area (Å²) in [5, 5.41) is 14.9. The van der Waals surface area contributed by atoms with Gasteiger partial charge in [-0.1, -0.05) is 24.3 Å². The number of benzene rings is 1. The molecule has 3 heterocycles. The van der Waals surface area contributed by atoms with Crippen molar-refractivity contribution in [3.63, 3.8) is 0 Å². The molecule has 2 N–H and O–H groups in total. The number of nitrogens with one attached hydrogen (secondary N) is 1. The summed E-state index contributed by atoms with van der Waals surface area (Å²) in [6, 6.07) is 11.4. The van der Waals surface area contributed by atoms with E-state index in [9.17, 15) is 9.90 Å². The van der Waals surface area contributed by atoms with E-state index >= 15 is 0 Å². The van der Waals surface area contributed by atoms with Crippen molar-refractivity contribution in [3.05, 3.63) is 60.6 Å². The van der Waals surface area contributed by atoms with Crippen molar-refractivity contribution in [1.29, 1.82) is 0 Å². The number of nitrogens with zero attached hydrogens (tertiary/aromatic N) is 3. The van der Waals surface area contributed by atoms with Crippen molar-refractivity contribution in [2.24, 2.45) is 0 Å². The molecule has 1 aromatic carbocycles. The van der Waals surface area contributed by atoms with Crippen LogP contribution in [0.3, 0.4) is 0 Å². The number of fused-ring (bicyclic) bond motifs is 1. The van der Waals surface area contributed by atoms with E-state index < -0.39 is 12.0 Å². The molecule has 132 valence electrons. The molecular formula is C20H20N4O2. The van der Waals surface area contributed by atoms with Gasteiger partial charge in [-0.3, -0.25) is 4.98 Å². The second-order valence-electron chi connectivity index (χ2n) is 6.44. The molecule has 0 unspecified atom stereocenters. The van der Waals surface area contributed by atoms with Gasteiger partial charge in [0.15, 0.2) is 0 Å². The molecule has 2 aromatic heterocycles. The van der Waals surface area contributed by atoms with Crippen LogP contribution in [0.25, 0.3) is 10.8 Å². The summed E-state index contributed by atoms with van der Waals surface area (Å²) in [7, 11) is 0. The van der Waals surface area contributed by atoms with Gasteiger partial charge < -0.3 is 15.3 Å². The maximum Gasteiger partial charge on any atom is 0.326 e. The minimum Gasteiger partial charge on any atom is -0.480 e. The van der Waals surface area contributed by atoms with Crippen LogP contribution in [0.1, 0.15) is 18.4 Å². The number of aliphatic carboxylic acids is 1. The summed E-state index contributed by atoms with van der Waals surface area (Å²) in [6.45, 7) is 1.40.